The van der Waals surface area contributed by atoms with Crippen molar-refractivity contribution in [1.29, 1.82) is 0 Å². The van der Waals surface area contributed by atoms with Crippen LogP contribution < -0.4 is 10.1 Å². The molecule has 1 aromatic heterocycles. The molecule has 2 rings (SSSR count). The van der Waals surface area contributed by atoms with Gasteiger partial charge in [0, 0.05) is 6.54 Å². The van der Waals surface area contributed by atoms with Gasteiger partial charge in [0.05, 0.1) is 4.47 Å². The van der Waals surface area contributed by atoms with Gasteiger partial charge in [-0.25, -0.2) is 0 Å². The number of carbonyl (C=O) groups excluding carboxylic acids is 1. The summed E-state index contributed by atoms with van der Waals surface area (Å²) < 4.78 is 12.0. The summed E-state index contributed by atoms with van der Waals surface area (Å²) in [6, 6.07) is 11.0. The number of hydrogen-bond donors (Lipinski definition) is 1. The quantitative estimate of drug-likeness (QED) is 0.762. The molecule has 5 heteroatoms. The first-order valence-corrected chi connectivity index (χ1v) is 7.74. The van der Waals surface area contributed by atoms with E-state index in [1.54, 1.807) is 12.1 Å². The Morgan fingerprint density at radius 2 is 2.10 bits per heavy atom. The third-order valence-electron chi connectivity index (χ3n) is 2.91. The SMILES string of the molecule is CCCCNC(=O)c1ccc(COc2ccccc2Br)o1. The molecule has 0 aliphatic heterocycles. The normalized spacial score (nSPS) is 10.4. The lowest BCUT2D eigenvalue weighted by molar-refractivity contribution is 0.0921. The third-order valence-corrected chi connectivity index (χ3v) is 3.56. The van der Waals surface area contributed by atoms with Crippen molar-refractivity contribution in [3.63, 3.8) is 0 Å². The monoisotopic (exact) mass is 351 g/mol. The molecule has 1 heterocycles. The summed E-state index contributed by atoms with van der Waals surface area (Å²) in [5, 5.41) is 2.82. The maximum atomic E-state index is 11.8. The fourth-order valence-electron chi connectivity index (χ4n) is 1.75. The summed E-state index contributed by atoms with van der Waals surface area (Å²) in [7, 11) is 0. The molecule has 4 nitrogen and oxygen atoms in total. The lowest BCUT2D eigenvalue weighted by atomic mass is 10.3. The Kier molecular flexibility index (Phi) is 5.87. The highest BCUT2D eigenvalue weighted by atomic mass is 79.9. The van der Waals surface area contributed by atoms with Crippen LogP contribution in [0.4, 0.5) is 0 Å². The molecule has 1 aromatic carbocycles. The molecule has 0 atom stereocenters. The molecule has 1 amide bonds. The molecule has 0 unspecified atom stereocenters. The number of rotatable bonds is 7. The van der Waals surface area contributed by atoms with Crippen molar-refractivity contribution in [2.24, 2.45) is 0 Å². The van der Waals surface area contributed by atoms with Gasteiger partial charge in [-0.3, -0.25) is 4.79 Å². The topological polar surface area (TPSA) is 51.5 Å². The Bertz CT molecular complexity index is 595. The number of halogens is 1. The molecule has 0 saturated carbocycles. The lowest BCUT2D eigenvalue weighted by Crippen LogP contribution is -2.23. The fraction of sp³-hybridized carbons (Fsp3) is 0.312. The van der Waals surface area contributed by atoms with Crippen molar-refractivity contribution >= 4 is 21.8 Å². The van der Waals surface area contributed by atoms with Gasteiger partial charge < -0.3 is 14.5 Å². The Balaban J connectivity index is 1.88. The average Bonchev–Trinajstić information content (AvgIpc) is 2.95. The third kappa shape index (κ3) is 4.63. The first-order valence-electron chi connectivity index (χ1n) is 6.95. The summed E-state index contributed by atoms with van der Waals surface area (Å²) >= 11 is 3.41. The molecule has 1 N–H and O–H groups in total. The van der Waals surface area contributed by atoms with E-state index in [0.29, 0.717) is 18.1 Å². The average molecular weight is 352 g/mol. The summed E-state index contributed by atoms with van der Waals surface area (Å²) in [4.78, 5) is 11.8. The molecule has 21 heavy (non-hydrogen) atoms. The number of unbranched alkanes of at least 4 members (excludes halogenated alkanes) is 1. The van der Waals surface area contributed by atoms with Crippen LogP contribution in [0.5, 0.6) is 5.75 Å². The van der Waals surface area contributed by atoms with Gasteiger partial charge >= 0.3 is 0 Å². The fourth-order valence-corrected chi connectivity index (χ4v) is 2.15. The molecule has 0 aliphatic rings. The number of ether oxygens (including phenoxy) is 1. The van der Waals surface area contributed by atoms with E-state index in [-0.39, 0.29) is 12.5 Å². The van der Waals surface area contributed by atoms with Crippen molar-refractivity contribution in [2.75, 3.05) is 6.54 Å². The molecule has 0 bridgehead atoms. The first-order chi connectivity index (χ1) is 10.2. The Labute approximate surface area is 132 Å². The molecule has 0 spiro atoms. The van der Waals surface area contributed by atoms with Crippen molar-refractivity contribution in [3.8, 4) is 5.75 Å². The van der Waals surface area contributed by atoms with Crippen LogP contribution in [0, 0.1) is 0 Å². The van der Waals surface area contributed by atoms with Crippen molar-refractivity contribution < 1.29 is 13.9 Å². The van der Waals surface area contributed by atoms with Crippen LogP contribution in [0.3, 0.4) is 0 Å². The summed E-state index contributed by atoms with van der Waals surface area (Å²) in [6.45, 7) is 3.03. The minimum Gasteiger partial charge on any atom is -0.484 e. The molecular formula is C16H18BrNO3. The summed E-state index contributed by atoms with van der Waals surface area (Å²) in [6.07, 6.45) is 2.01. The van der Waals surface area contributed by atoms with Gasteiger partial charge in [0.15, 0.2) is 5.76 Å². The molecular weight excluding hydrogens is 334 g/mol. The Morgan fingerprint density at radius 3 is 2.86 bits per heavy atom. The Hall–Kier alpha value is -1.75. The van der Waals surface area contributed by atoms with Crippen LogP contribution in [0.1, 0.15) is 36.1 Å². The van der Waals surface area contributed by atoms with Crippen LogP contribution in [0.15, 0.2) is 45.3 Å². The predicted octanol–water partition coefficient (Wildman–Crippen LogP) is 4.15. The van der Waals surface area contributed by atoms with Crippen LogP contribution in [-0.4, -0.2) is 12.5 Å². The highest BCUT2D eigenvalue weighted by Gasteiger charge is 2.11. The number of amides is 1. The molecule has 0 fully saturated rings. The molecule has 0 aliphatic carbocycles. The van der Waals surface area contributed by atoms with E-state index in [1.807, 2.05) is 24.3 Å². The number of nitrogens with one attached hydrogen (secondary N) is 1. The number of furan rings is 1. The molecule has 0 saturated heterocycles. The van der Waals surface area contributed by atoms with Crippen LogP contribution in [0.2, 0.25) is 0 Å². The first kappa shape index (κ1) is 15.6. The van der Waals surface area contributed by atoms with E-state index in [1.165, 1.54) is 0 Å². The zero-order valence-corrected chi connectivity index (χ0v) is 13.5. The van der Waals surface area contributed by atoms with Gasteiger partial charge in [-0.1, -0.05) is 25.5 Å². The van der Waals surface area contributed by atoms with E-state index in [0.717, 1.165) is 23.1 Å². The number of hydrogen-bond acceptors (Lipinski definition) is 3. The van der Waals surface area contributed by atoms with Gasteiger partial charge in [-0.2, -0.15) is 0 Å². The number of carbonyl (C=O) groups is 1. The van der Waals surface area contributed by atoms with E-state index < -0.39 is 0 Å². The second-order valence-corrected chi connectivity index (χ2v) is 5.45. The smallest absolute Gasteiger partial charge is 0.286 e. The van der Waals surface area contributed by atoms with E-state index in [9.17, 15) is 4.79 Å². The minimum absolute atomic E-state index is 0.185. The number of benzene rings is 1. The highest BCUT2D eigenvalue weighted by molar-refractivity contribution is 9.10. The zero-order valence-electron chi connectivity index (χ0n) is 11.9. The van der Waals surface area contributed by atoms with Gasteiger partial charge in [0.2, 0.25) is 0 Å². The minimum atomic E-state index is -0.185. The van der Waals surface area contributed by atoms with E-state index in [4.69, 9.17) is 9.15 Å². The largest absolute Gasteiger partial charge is 0.484 e. The molecule has 112 valence electrons. The molecule has 2 aromatic rings. The lowest BCUT2D eigenvalue weighted by Gasteiger charge is -2.06. The van der Waals surface area contributed by atoms with Gasteiger partial charge in [-0.05, 0) is 46.6 Å². The maximum absolute atomic E-state index is 11.8. The van der Waals surface area contributed by atoms with Crippen LogP contribution >= 0.6 is 15.9 Å². The van der Waals surface area contributed by atoms with Crippen LogP contribution in [-0.2, 0) is 6.61 Å². The standard InChI is InChI=1S/C16H18BrNO3/c1-2-3-10-18-16(19)15-9-8-12(21-15)11-20-14-7-5-4-6-13(14)17/h4-9H,2-3,10-11H2,1H3,(H,18,19). The molecule has 0 radical (unpaired) electrons. The number of para-hydroxylation sites is 1. The van der Waals surface area contributed by atoms with E-state index >= 15 is 0 Å². The van der Waals surface area contributed by atoms with Gasteiger partial charge in [0.1, 0.15) is 18.1 Å². The van der Waals surface area contributed by atoms with Crippen LogP contribution in [0.25, 0.3) is 0 Å². The van der Waals surface area contributed by atoms with Crippen molar-refractivity contribution in [2.45, 2.75) is 26.4 Å². The van der Waals surface area contributed by atoms with Gasteiger partial charge in [0.25, 0.3) is 5.91 Å². The summed E-state index contributed by atoms with van der Waals surface area (Å²) in [5.74, 6) is 1.49. The second-order valence-electron chi connectivity index (χ2n) is 4.59. The zero-order chi connectivity index (χ0) is 15.1. The maximum Gasteiger partial charge on any atom is 0.286 e. The Morgan fingerprint density at radius 1 is 1.29 bits per heavy atom. The van der Waals surface area contributed by atoms with Crippen molar-refractivity contribution in [1.82, 2.24) is 5.32 Å². The predicted molar refractivity (Wildman–Crippen MR) is 84.4 cm³/mol. The highest BCUT2D eigenvalue weighted by Crippen LogP contribution is 2.24. The summed E-state index contributed by atoms with van der Waals surface area (Å²) in [5.41, 5.74) is 0. The van der Waals surface area contributed by atoms with E-state index in [2.05, 4.69) is 28.2 Å². The van der Waals surface area contributed by atoms with Crippen molar-refractivity contribution in [3.05, 3.63) is 52.4 Å². The van der Waals surface area contributed by atoms with Gasteiger partial charge in [-0.15, -0.1) is 0 Å². The second kappa shape index (κ2) is 7.88.